The number of carbonyl (C=O) groups is 2. The van der Waals surface area contributed by atoms with E-state index in [-0.39, 0.29) is 30.0 Å². The number of rotatable bonds is 4. The maximum Gasteiger partial charge on any atom is 0.255 e. The number of anilines is 1. The van der Waals surface area contributed by atoms with Crippen LogP contribution in [-0.4, -0.2) is 31.7 Å². The molecule has 3 heterocycles. The van der Waals surface area contributed by atoms with Crippen molar-refractivity contribution in [1.29, 1.82) is 0 Å². The summed E-state index contributed by atoms with van der Waals surface area (Å²) in [5.41, 5.74) is 3.05. The highest BCUT2D eigenvalue weighted by molar-refractivity contribution is 5.96. The van der Waals surface area contributed by atoms with Gasteiger partial charge in [0.15, 0.2) is 5.82 Å². The molecule has 1 aliphatic heterocycles. The van der Waals surface area contributed by atoms with Gasteiger partial charge in [0.25, 0.3) is 5.91 Å². The van der Waals surface area contributed by atoms with Gasteiger partial charge in [0, 0.05) is 25.4 Å². The van der Waals surface area contributed by atoms with E-state index in [2.05, 4.69) is 25.9 Å². The minimum atomic E-state index is -0.457. The van der Waals surface area contributed by atoms with E-state index in [1.54, 1.807) is 17.9 Å². The topological polar surface area (TPSA) is 115 Å². The van der Waals surface area contributed by atoms with Crippen molar-refractivity contribution >= 4 is 17.5 Å². The maximum atomic E-state index is 12.2. The van der Waals surface area contributed by atoms with Gasteiger partial charge in [-0.3, -0.25) is 14.3 Å². The van der Waals surface area contributed by atoms with Crippen LogP contribution in [0.15, 0.2) is 35.0 Å². The molecule has 0 saturated carbocycles. The van der Waals surface area contributed by atoms with Gasteiger partial charge in [0.05, 0.1) is 17.7 Å². The van der Waals surface area contributed by atoms with Crippen LogP contribution in [-0.2, 0) is 24.7 Å². The molecule has 1 atom stereocenters. The Kier molecular flexibility index (Phi) is 4.19. The Balaban J connectivity index is 1.42. The number of aryl methyl sites for hydroxylation is 2. The zero-order chi connectivity index (χ0) is 19.0. The predicted molar refractivity (Wildman–Crippen MR) is 94.9 cm³/mol. The number of nitrogens with one attached hydrogen (secondary N) is 2. The lowest BCUT2D eigenvalue weighted by atomic mass is 10.0. The Morgan fingerprint density at radius 3 is 2.93 bits per heavy atom. The zero-order valence-corrected chi connectivity index (χ0v) is 14.9. The van der Waals surface area contributed by atoms with E-state index in [9.17, 15) is 9.59 Å². The number of hydrogen-bond donors (Lipinski definition) is 2. The third kappa shape index (κ3) is 3.57. The van der Waals surface area contributed by atoms with E-state index < -0.39 is 6.04 Å². The predicted octanol–water partition coefficient (Wildman–Crippen LogP) is 1.32. The van der Waals surface area contributed by atoms with Crippen molar-refractivity contribution in [3.8, 4) is 0 Å². The van der Waals surface area contributed by atoms with Crippen molar-refractivity contribution in [2.24, 2.45) is 7.05 Å². The Morgan fingerprint density at radius 1 is 1.37 bits per heavy atom. The summed E-state index contributed by atoms with van der Waals surface area (Å²) < 4.78 is 6.85. The molecule has 0 fully saturated rings. The summed E-state index contributed by atoms with van der Waals surface area (Å²) in [6.45, 7) is 1.98. The largest absolute Gasteiger partial charge is 0.340 e. The lowest BCUT2D eigenvalue weighted by Gasteiger charge is -2.18. The fraction of sp³-hybridized carbons (Fsp3) is 0.278. The van der Waals surface area contributed by atoms with Gasteiger partial charge in [-0.05, 0) is 19.1 Å². The van der Waals surface area contributed by atoms with Crippen LogP contribution in [0.3, 0.4) is 0 Å². The highest BCUT2D eigenvalue weighted by Gasteiger charge is 2.31. The van der Waals surface area contributed by atoms with Crippen LogP contribution < -0.4 is 10.6 Å². The third-order valence-corrected chi connectivity index (χ3v) is 4.29. The van der Waals surface area contributed by atoms with Gasteiger partial charge in [-0.2, -0.15) is 10.1 Å². The van der Waals surface area contributed by atoms with E-state index in [1.807, 2.05) is 31.2 Å². The number of benzene rings is 1. The van der Waals surface area contributed by atoms with Crippen molar-refractivity contribution in [3.05, 3.63) is 59.0 Å². The molecule has 0 spiro atoms. The fourth-order valence-electron chi connectivity index (χ4n) is 2.97. The molecule has 3 aromatic rings. The van der Waals surface area contributed by atoms with Crippen molar-refractivity contribution in [1.82, 2.24) is 25.2 Å². The molecule has 0 aliphatic carbocycles. The Hall–Kier alpha value is -3.49. The molecule has 1 aliphatic rings. The van der Waals surface area contributed by atoms with Gasteiger partial charge >= 0.3 is 0 Å². The lowest BCUT2D eigenvalue weighted by Crippen LogP contribution is -2.35. The number of amides is 2. The van der Waals surface area contributed by atoms with Crippen LogP contribution in [0.2, 0.25) is 0 Å². The molecule has 2 aromatic heterocycles. The minimum absolute atomic E-state index is 0.0210. The molecule has 2 N–H and O–H groups in total. The Labute approximate surface area is 154 Å². The van der Waals surface area contributed by atoms with Gasteiger partial charge in [-0.25, -0.2) is 0 Å². The van der Waals surface area contributed by atoms with Gasteiger partial charge in [0.2, 0.25) is 11.8 Å². The summed E-state index contributed by atoms with van der Waals surface area (Å²) >= 11 is 0. The monoisotopic (exact) mass is 366 g/mol. The zero-order valence-electron chi connectivity index (χ0n) is 14.9. The summed E-state index contributed by atoms with van der Waals surface area (Å²) in [6.07, 6.45) is 2.11. The van der Waals surface area contributed by atoms with E-state index >= 15 is 0 Å². The smallest absolute Gasteiger partial charge is 0.255 e. The molecular weight excluding hydrogens is 348 g/mol. The average molecular weight is 366 g/mol. The Morgan fingerprint density at radius 2 is 2.15 bits per heavy atom. The second-order valence-corrected chi connectivity index (χ2v) is 6.53. The van der Waals surface area contributed by atoms with Crippen LogP contribution in [0.4, 0.5) is 5.69 Å². The summed E-state index contributed by atoms with van der Waals surface area (Å²) in [6, 6.07) is 7.04. The molecule has 2 amide bonds. The van der Waals surface area contributed by atoms with Crippen molar-refractivity contribution in [3.63, 3.8) is 0 Å². The van der Waals surface area contributed by atoms with Gasteiger partial charge in [-0.1, -0.05) is 22.9 Å². The number of carbonyl (C=O) groups excluding carboxylic acids is 2. The molecular formula is C18H18N6O3. The summed E-state index contributed by atoms with van der Waals surface area (Å²) in [4.78, 5) is 28.6. The van der Waals surface area contributed by atoms with Crippen LogP contribution in [0.25, 0.3) is 0 Å². The van der Waals surface area contributed by atoms with E-state index in [0.29, 0.717) is 23.4 Å². The van der Waals surface area contributed by atoms with Crippen molar-refractivity contribution in [2.75, 3.05) is 5.32 Å². The molecule has 138 valence electrons. The first-order valence-corrected chi connectivity index (χ1v) is 8.50. The highest BCUT2D eigenvalue weighted by atomic mass is 16.5. The van der Waals surface area contributed by atoms with Crippen LogP contribution in [0.5, 0.6) is 0 Å². The quantitative estimate of drug-likeness (QED) is 0.720. The first kappa shape index (κ1) is 17.0. The van der Waals surface area contributed by atoms with Gasteiger partial charge < -0.3 is 15.2 Å². The van der Waals surface area contributed by atoms with E-state index in [1.165, 1.54) is 0 Å². The number of fused-ring (bicyclic) bond motifs is 1. The standard InChI is InChI=1S/C18H18N6O3/c1-10-3-5-11(6-4-10)19-16(25)8-15-21-18(27-23-15)14-7-13-12(17(26)20-14)9-24(2)22-13/h3-6,9,14H,7-8H2,1-2H3,(H,19,25)(H,20,26). The maximum absolute atomic E-state index is 12.2. The van der Waals surface area contributed by atoms with Crippen LogP contribution in [0, 0.1) is 6.92 Å². The summed E-state index contributed by atoms with van der Waals surface area (Å²) in [5, 5.41) is 13.7. The van der Waals surface area contributed by atoms with Crippen LogP contribution >= 0.6 is 0 Å². The molecule has 0 saturated heterocycles. The van der Waals surface area contributed by atoms with E-state index in [4.69, 9.17) is 4.52 Å². The van der Waals surface area contributed by atoms with Crippen molar-refractivity contribution in [2.45, 2.75) is 25.8 Å². The average Bonchev–Trinajstić information content (AvgIpc) is 3.23. The molecule has 9 heteroatoms. The second kappa shape index (κ2) is 6.67. The number of aromatic nitrogens is 4. The molecule has 0 radical (unpaired) electrons. The normalized spacial score (nSPS) is 15.9. The fourth-order valence-corrected chi connectivity index (χ4v) is 2.97. The molecule has 0 bridgehead atoms. The lowest BCUT2D eigenvalue weighted by molar-refractivity contribution is -0.115. The van der Waals surface area contributed by atoms with Gasteiger partial charge in [-0.15, -0.1) is 0 Å². The summed E-state index contributed by atoms with van der Waals surface area (Å²) in [5.74, 6) is 0.0468. The van der Waals surface area contributed by atoms with Crippen molar-refractivity contribution < 1.29 is 14.1 Å². The summed E-state index contributed by atoms with van der Waals surface area (Å²) in [7, 11) is 1.76. The number of nitrogens with zero attached hydrogens (tertiary/aromatic N) is 4. The molecule has 1 unspecified atom stereocenters. The minimum Gasteiger partial charge on any atom is -0.340 e. The molecule has 9 nitrogen and oxygen atoms in total. The molecule has 4 rings (SSSR count). The van der Waals surface area contributed by atoms with Crippen LogP contribution in [0.1, 0.15) is 39.4 Å². The second-order valence-electron chi connectivity index (χ2n) is 6.53. The van der Waals surface area contributed by atoms with Gasteiger partial charge in [0.1, 0.15) is 6.04 Å². The molecule has 1 aromatic carbocycles. The SMILES string of the molecule is Cc1ccc(NC(=O)Cc2noc(C3Cc4nn(C)cc4C(=O)N3)n2)cc1. The number of hydrogen-bond acceptors (Lipinski definition) is 6. The molecule has 27 heavy (non-hydrogen) atoms. The van der Waals surface area contributed by atoms with E-state index in [0.717, 1.165) is 5.56 Å². The highest BCUT2D eigenvalue weighted by Crippen LogP contribution is 2.24. The first-order valence-electron chi connectivity index (χ1n) is 8.50. The first-order chi connectivity index (χ1) is 13.0. The third-order valence-electron chi connectivity index (χ3n) is 4.29. The Bertz CT molecular complexity index is 1000.